The Kier molecular flexibility index (Phi) is 7.52. The van der Waals surface area contributed by atoms with Crippen LogP contribution >= 0.6 is 0 Å². The third-order valence-corrected chi connectivity index (χ3v) is 5.95. The van der Waals surface area contributed by atoms with Gasteiger partial charge in [0.25, 0.3) is 0 Å². The molecule has 0 bridgehead atoms. The molecule has 1 N–H and O–H groups in total. The van der Waals surface area contributed by atoms with Gasteiger partial charge in [0.1, 0.15) is 5.52 Å². The molecule has 9 heteroatoms. The Bertz CT molecular complexity index is 819. The number of sulfone groups is 1. The number of carbonyl (C=O) groups is 1. The molecule has 0 radical (unpaired) electrons. The van der Waals surface area contributed by atoms with E-state index in [-0.39, 0.29) is 28.5 Å². The smallest absolute Gasteiger partial charge is 0.221 e. The first-order valence-corrected chi connectivity index (χ1v) is 10.6. The van der Waals surface area contributed by atoms with Gasteiger partial charge in [-0.3, -0.25) is 4.79 Å². The lowest BCUT2D eigenvalue weighted by atomic mass is 10.3. The van der Waals surface area contributed by atoms with E-state index in [2.05, 4.69) is 39.0 Å². The van der Waals surface area contributed by atoms with Crippen LogP contribution in [0.25, 0.3) is 11.0 Å². The van der Waals surface area contributed by atoms with Gasteiger partial charge in [0.15, 0.2) is 15.4 Å². The van der Waals surface area contributed by atoms with Gasteiger partial charge in [-0.1, -0.05) is 26.3 Å². The molecule has 1 amide bonds. The molecule has 0 atom stereocenters. The minimum atomic E-state index is -3.64. The van der Waals surface area contributed by atoms with Crippen molar-refractivity contribution in [3.05, 3.63) is 18.2 Å². The monoisotopic (exact) mass is 382 g/mol. The zero-order valence-electron chi connectivity index (χ0n) is 15.3. The highest BCUT2D eigenvalue weighted by Crippen LogP contribution is 2.21. The van der Waals surface area contributed by atoms with Crippen LogP contribution < -0.4 is 5.32 Å². The average Bonchev–Trinajstić information content (AvgIpc) is 3.11. The Labute approximate surface area is 153 Å². The molecule has 0 aliphatic rings. The number of benzene rings is 1. The lowest BCUT2D eigenvalue weighted by Gasteiger charge is -2.20. The van der Waals surface area contributed by atoms with Crippen molar-refractivity contribution >= 4 is 26.8 Å². The minimum Gasteiger partial charge on any atom is -0.355 e. The lowest BCUT2D eigenvalue weighted by molar-refractivity contribution is -0.120. The van der Waals surface area contributed by atoms with Crippen LogP contribution in [-0.4, -0.2) is 61.5 Å². The molecule has 26 heavy (non-hydrogen) atoms. The summed E-state index contributed by atoms with van der Waals surface area (Å²) in [6.07, 6.45) is 2.17. The van der Waals surface area contributed by atoms with Crippen LogP contribution in [0.4, 0.5) is 0 Å². The van der Waals surface area contributed by atoms with Crippen LogP contribution in [0.5, 0.6) is 0 Å². The Morgan fingerprint density at radius 1 is 1.23 bits per heavy atom. The zero-order valence-corrected chi connectivity index (χ0v) is 16.1. The molecular weight excluding hydrogens is 356 g/mol. The lowest BCUT2D eigenvalue weighted by Crippen LogP contribution is -2.35. The van der Waals surface area contributed by atoms with Crippen LogP contribution in [0.15, 0.2) is 27.7 Å². The molecular formula is C17H26N4O4S. The van der Waals surface area contributed by atoms with Gasteiger partial charge in [-0.2, -0.15) is 0 Å². The van der Waals surface area contributed by atoms with Crippen molar-refractivity contribution in [2.24, 2.45) is 0 Å². The Balaban J connectivity index is 1.84. The molecule has 8 nitrogen and oxygen atoms in total. The number of hydrogen-bond acceptors (Lipinski definition) is 7. The third-order valence-electron chi connectivity index (χ3n) is 4.21. The molecule has 1 heterocycles. The van der Waals surface area contributed by atoms with Gasteiger partial charge >= 0.3 is 0 Å². The first kappa shape index (κ1) is 20.3. The molecule has 0 unspecified atom stereocenters. The van der Waals surface area contributed by atoms with Crippen LogP contribution in [0, 0.1) is 0 Å². The third kappa shape index (κ3) is 5.50. The highest BCUT2D eigenvalue weighted by atomic mass is 32.2. The number of nitrogens with one attached hydrogen (secondary N) is 1. The summed E-state index contributed by atoms with van der Waals surface area (Å²) >= 11 is 0. The summed E-state index contributed by atoms with van der Waals surface area (Å²) in [6, 6.07) is 4.65. The van der Waals surface area contributed by atoms with E-state index in [9.17, 15) is 13.2 Å². The summed E-state index contributed by atoms with van der Waals surface area (Å²) in [5.74, 6) is -0.552. The van der Waals surface area contributed by atoms with E-state index in [1.807, 2.05) is 0 Å². The number of hydrogen-bond donors (Lipinski definition) is 1. The number of amides is 1. The maximum absolute atomic E-state index is 12.5. The molecule has 0 aliphatic heterocycles. The fourth-order valence-corrected chi connectivity index (χ4v) is 4.02. The summed E-state index contributed by atoms with van der Waals surface area (Å²) in [4.78, 5) is 14.3. The molecule has 0 spiro atoms. The fourth-order valence-electron chi connectivity index (χ4n) is 2.62. The standard InChI is InChI=1S/C17H26N4O4S/c1-3-5-11-21(4-2)12-10-18-16(22)9-13-26(23,24)15-8-6-7-14-17(15)20-25-19-14/h6-8H,3-5,9-13H2,1-2H3,(H,18,22). The normalized spacial score (nSPS) is 12.0. The molecule has 0 saturated carbocycles. The van der Waals surface area contributed by atoms with Crippen molar-refractivity contribution in [1.29, 1.82) is 0 Å². The second kappa shape index (κ2) is 9.63. The van der Waals surface area contributed by atoms with E-state index in [4.69, 9.17) is 0 Å². The van der Waals surface area contributed by atoms with Gasteiger partial charge < -0.3 is 10.2 Å². The van der Waals surface area contributed by atoms with Gasteiger partial charge in [-0.15, -0.1) is 0 Å². The fraction of sp³-hybridized carbons (Fsp3) is 0.588. The van der Waals surface area contributed by atoms with Crippen LogP contribution in [0.3, 0.4) is 0 Å². The Hall–Kier alpha value is -2.00. The van der Waals surface area contributed by atoms with E-state index >= 15 is 0 Å². The van der Waals surface area contributed by atoms with Crippen LogP contribution in [-0.2, 0) is 14.6 Å². The van der Waals surface area contributed by atoms with E-state index in [0.29, 0.717) is 12.1 Å². The van der Waals surface area contributed by atoms with Crippen molar-refractivity contribution < 1.29 is 17.8 Å². The maximum atomic E-state index is 12.5. The number of fused-ring (bicyclic) bond motifs is 1. The summed E-state index contributed by atoms with van der Waals surface area (Å²) < 4.78 is 29.6. The van der Waals surface area contributed by atoms with Crippen LogP contribution in [0.2, 0.25) is 0 Å². The van der Waals surface area contributed by atoms with Crippen molar-refractivity contribution in [3.63, 3.8) is 0 Å². The second-order valence-corrected chi connectivity index (χ2v) is 8.17. The number of rotatable bonds is 11. The van der Waals surface area contributed by atoms with Crippen molar-refractivity contribution in [2.75, 3.05) is 31.9 Å². The van der Waals surface area contributed by atoms with E-state index < -0.39 is 9.84 Å². The Morgan fingerprint density at radius 3 is 2.77 bits per heavy atom. The number of likely N-dealkylation sites (N-methyl/N-ethyl adjacent to an activating group) is 1. The van der Waals surface area contributed by atoms with Crippen LogP contribution in [0.1, 0.15) is 33.1 Å². The quantitative estimate of drug-likeness (QED) is 0.629. The van der Waals surface area contributed by atoms with Gasteiger partial charge in [-0.05, 0) is 42.0 Å². The van der Waals surface area contributed by atoms with Gasteiger partial charge in [0.05, 0.1) is 10.6 Å². The SMILES string of the molecule is CCCCN(CC)CCNC(=O)CCS(=O)(=O)c1cccc2nonc12. The number of carbonyl (C=O) groups excluding carboxylic acids is 1. The predicted octanol–water partition coefficient (Wildman–Crippen LogP) is 1.62. The molecule has 2 rings (SSSR count). The zero-order chi connectivity index (χ0) is 19.0. The average molecular weight is 382 g/mol. The summed E-state index contributed by atoms with van der Waals surface area (Å²) in [7, 11) is -3.64. The van der Waals surface area contributed by atoms with E-state index in [0.717, 1.165) is 32.5 Å². The van der Waals surface area contributed by atoms with Crippen molar-refractivity contribution in [1.82, 2.24) is 20.5 Å². The van der Waals surface area contributed by atoms with Gasteiger partial charge in [-0.25, -0.2) is 13.0 Å². The first-order chi connectivity index (χ1) is 12.5. The second-order valence-electron chi connectivity index (χ2n) is 6.09. The summed E-state index contributed by atoms with van der Waals surface area (Å²) in [5.41, 5.74) is 0.574. The molecule has 0 fully saturated rings. The summed E-state index contributed by atoms with van der Waals surface area (Å²) in [6.45, 7) is 7.44. The maximum Gasteiger partial charge on any atom is 0.221 e. The molecule has 1 aromatic carbocycles. The molecule has 2 aromatic rings. The number of nitrogens with zero attached hydrogens (tertiary/aromatic N) is 3. The minimum absolute atomic E-state index is 0.0424. The molecule has 144 valence electrons. The molecule has 0 saturated heterocycles. The number of unbranched alkanes of at least 4 members (excludes halogenated alkanes) is 1. The van der Waals surface area contributed by atoms with E-state index in [1.165, 1.54) is 6.07 Å². The predicted molar refractivity (Wildman–Crippen MR) is 98.5 cm³/mol. The van der Waals surface area contributed by atoms with Gasteiger partial charge in [0.2, 0.25) is 5.91 Å². The Morgan fingerprint density at radius 2 is 2.04 bits per heavy atom. The van der Waals surface area contributed by atoms with Crippen molar-refractivity contribution in [2.45, 2.75) is 38.0 Å². The summed E-state index contributed by atoms with van der Waals surface area (Å²) in [5, 5.41) is 10.1. The first-order valence-electron chi connectivity index (χ1n) is 8.91. The topological polar surface area (TPSA) is 105 Å². The van der Waals surface area contributed by atoms with Gasteiger partial charge in [0, 0.05) is 19.5 Å². The molecule has 1 aromatic heterocycles. The van der Waals surface area contributed by atoms with Crippen molar-refractivity contribution in [3.8, 4) is 0 Å². The largest absolute Gasteiger partial charge is 0.355 e. The highest BCUT2D eigenvalue weighted by Gasteiger charge is 2.21. The number of aromatic nitrogens is 2. The highest BCUT2D eigenvalue weighted by molar-refractivity contribution is 7.91. The van der Waals surface area contributed by atoms with E-state index in [1.54, 1.807) is 12.1 Å². The molecule has 0 aliphatic carbocycles.